The van der Waals surface area contributed by atoms with Crippen LogP contribution in [-0.4, -0.2) is 28.3 Å². The van der Waals surface area contributed by atoms with Crippen molar-refractivity contribution < 1.29 is 4.74 Å². The van der Waals surface area contributed by atoms with Crippen LogP contribution in [-0.2, 0) is 6.42 Å². The van der Waals surface area contributed by atoms with Crippen LogP contribution in [0.4, 0.5) is 0 Å². The van der Waals surface area contributed by atoms with Crippen LogP contribution in [0.25, 0.3) is 0 Å². The Hall–Kier alpha value is -1.88. The molecule has 1 unspecified atom stereocenters. The van der Waals surface area contributed by atoms with E-state index in [-0.39, 0.29) is 5.92 Å². The van der Waals surface area contributed by atoms with Crippen molar-refractivity contribution in [2.75, 3.05) is 13.2 Å². The predicted octanol–water partition coefficient (Wildman–Crippen LogP) is 1.22. The minimum Gasteiger partial charge on any atom is -0.493 e. The first-order chi connectivity index (χ1) is 8.88. The van der Waals surface area contributed by atoms with Gasteiger partial charge in [0, 0.05) is 12.0 Å². The molecule has 0 saturated carbocycles. The van der Waals surface area contributed by atoms with Crippen molar-refractivity contribution >= 4 is 0 Å². The zero-order valence-electron chi connectivity index (χ0n) is 10.1. The number of para-hydroxylation sites is 1. The second-order valence-electron chi connectivity index (χ2n) is 4.41. The van der Waals surface area contributed by atoms with Crippen LogP contribution in [0.3, 0.4) is 0 Å². The summed E-state index contributed by atoms with van der Waals surface area (Å²) in [7, 11) is 0. The van der Waals surface area contributed by atoms with Gasteiger partial charge >= 0.3 is 0 Å². The fourth-order valence-electron chi connectivity index (χ4n) is 2.32. The van der Waals surface area contributed by atoms with E-state index in [0.29, 0.717) is 13.2 Å². The number of nitrogens with two attached hydrogens (primary N) is 1. The largest absolute Gasteiger partial charge is 0.493 e. The minimum absolute atomic E-state index is 0.220. The summed E-state index contributed by atoms with van der Waals surface area (Å²) >= 11 is 0. The Bertz CT molecular complexity index is 537. The van der Waals surface area contributed by atoms with Crippen LogP contribution >= 0.6 is 0 Å². The molecule has 0 spiro atoms. The Balaban J connectivity index is 1.92. The van der Waals surface area contributed by atoms with Gasteiger partial charge in [-0.05, 0) is 19.0 Å². The SMILES string of the molecule is NCCc1nc(C2CCOc3ccccc32)n[nH]1. The quantitative estimate of drug-likeness (QED) is 0.851. The summed E-state index contributed by atoms with van der Waals surface area (Å²) in [6, 6.07) is 8.08. The second kappa shape index (κ2) is 4.78. The van der Waals surface area contributed by atoms with Crippen LogP contribution in [0.5, 0.6) is 5.75 Å². The van der Waals surface area contributed by atoms with Gasteiger partial charge in [-0.15, -0.1) is 0 Å². The molecule has 0 bridgehead atoms. The highest BCUT2D eigenvalue weighted by Gasteiger charge is 2.25. The first-order valence-corrected chi connectivity index (χ1v) is 6.21. The fraction of sp³-hybridized carbons (Fsp3) is 0.385. The number of hydrogen-bond donors (Lipinski definition) is 2. The molecule has 0 fully saturated rings. The molecule has 18 heavy (non-hydrogen) atoms. The lowest BCUT2D eigenvalue weighted by molar-refractivity contribution is 0.274. The molecular weight excluding hydrogens is 228 g/mol. The first-order valence-electron chi connectivity index (χ1n) is 6.21. The van der Waals surface area contributed by atoms with Crippen molar-refractivity contribution in [2.45, 2.75) is 18.8 Å². The van der Waals surface area contributed by atoms with Gasteiger partial charge in [-0.2, -0.15) is 5.10 Å². The number of H-pyrrole nitrogens is 1. The smallest absolute Gasteiger partial charge is 0.158 e. The minimum atomic E-state index is 0.220. The zero-order valence-corrected chi connectivity index (χ0v) is 10.1. The van der Waals surface area contributed by atoms with Gasteiger partial charge in [0.05, 0.1) is 12.5 Å². The number of hydrogen-bond acceptors (Lipinski definition) is 4. The van der Waals surface area contributed by atoms with Crippen LogP contribution in [0.1, 0.15) is 29.6 Å². The average Bonchev–Trinajstić information content (AvgIpc) is 2.87. The fourth-order valence-corrected chi connectivity index (χ4v) is 2.32. The summed E-state index contributed by atoms with van der Waals surface area (Å²) in [6.07, 6.45) is 1.65. The van der Waals surface area contributed by atoms with Crippen molar-refractivity contribution in [2.24, 2.45) is 5.73 Å². The van der Waals surface area contributed by atoms with Crippen molar-refractivity contribution in [3.8, 4) is 5.75 Å². The lowest BCUT2D eigenvalue weighted by atomic mass is 9.92. The van der Waals surface area contributed by atoms with Crippen molar-refractivity contribution in [1.82, 2.24) is 15.2 Å². The standard InChI is InChI=1S/C13H16N4O/c14-7-5-12-15-13(17-16-12)10-6-8-18-11-4-2-1-3-9(10)11/h1-4,10H,5-8,14H2,(H,15,16,17). The molecule has 0 aliphatic carbocycles. The average molecular weight is 244 g/mol. The van der Waals surface area contributed by atoms with Gasteiger partial charge in [-0.25, -0.2) is 4.98 Å². The summed E-state index contributed by atoms with van der Waals surface area (Å²) in [5, 5.41) is 7.26. The van der Waals surface area contributed by atoms with Gasteiger partial charge in [0.15, 0.2) is 5.82 Å². The Kier molecular flexibility index (Phi) is 2.98. The highest BCUT2D eigenvalue weighted by atomic mass is 16.5. The van der Waals surface area contributed by atoms with Crippen molar-refractivity contribution in [1.29, 1.82) is 0 Å². The molecular formula is C13H16N4O. The highest BCUT2D eigenvalue weighted by Crippen LogP contribution is 2.36. The highest BCUT2D eigenvalue weighted by molar-refractivity contribution is 5.40. The van der Waals surface area contributed by atoms with Crippen molar-refractivity contribution in [3.63, 3.8) is 0 Å². The van der Waals surface area contributed by atoms with E-state index >= 15 is 0 Å². The normalized spacial score (nSPS) is 18.2. The van der Waals surface area contributed by atoms with E-state index in [0.717, 1.165) is 30.2 Å². The summed E-state index contributed by atoms with van der Waals surface area (Å²) in [5.41, 5.74) is 6.69. The Morgan fingerprint density at radius 3 is 3.17 bits per heavy atom. The van der Waals surface area contributed by atoms with Gasteiger partial charge in [0.25, 0.3) is 0 Å². The summed E-state index contributed by atoms with van der Waals surface area (Å²) in [5.74, 6) is 2.86. The maximum Gasteiger partial charge on any atom is 0.158 e. The molecule has 1 aromatic heterocycles. The summed E-state index contributed by atoms with van der Waals surface area (Å²) in [6.45, 7) is 1.29. The van der Waals surface area contributed by atoms with Gasteiger partial charge < -0.3 is 10.5 Å². The molecule has 1 aliphatic rings. The van der Waals surface area contributed by atoms with Crippen LogP contribution in [0.15, 0.2) is 24.3 Å². The molecule has 1 aliphatic heterocycles. The van der Waals surface area contributed by atoms with E-state index in [1.165, 1.54) is 5.56 Å². The number of nitrogens with one attached hydrogen (secondary N) is 1. The molecule has 3 N–H and O–H groups in total. The maximum absolute atomic E-state index is 5.64. The lowest BCUT2D eigenvalue weighted by Gasteiger charge is -2.23. The van der Waals surface area contributed by atoms with Gasteiger partial charge in [-0.3, -0.25) is 5.10 Å². The molecule has 3 rings (SSSR count). The van der Waals surface area contributed by atoms with E-state index in [1.807, 2.05) is 18.2 Å². The molecule has 1 aromatic carbocycles. The third-order valence-electron chi connectivity index (χ3n) is 3.20. The molecule has 0 saturated heterocycles. The monoisotopic (exact) mass is 244 g/mol. The number of fused-ring (bicyclic) bond motifs is 1. The Morgan fingerprint density at radius 2 is 2.28 bits per heavy atom. The van der Waals surface area contributed by atoms with Gasteiger partial charge in [0.2, 0.25) is 0 Å². The molecule has 5 nitrogen and oxygen atoms in total. The number of aromatic nitrogens is 3. The first kappa shape index (κ1) is 11.2. The molecule has 2 aromatic rings. The third-order valence-corrected chi connectivity index (χ3v) is 3.20. The van der Waals surface area contributed by atoms with E-state index in [2.05, 4.69) is 21.2 Å². The van der Waals surface area contributed by atoms with Crippen molar-refractivity contribution in [3.05, 3.63) is 41.5 Å². The topological polar surface area (TPSA) is 76.8 Å². The molecule has 0 radical (unpaired) electrons. The number of rotatable bonds is 3. The van der Waals surface area contributed by atoms with E-state index in [4.69, 9.17) is 10.5 Å². The van der Waals surface area contributed by atoms with Gasteiger partial charge in [0.1, 0.15) is 11.6 Å². The van der Waals surface area contributed by atoms with Crippen LogP contribution in [0.2, 0.25) is 0 Å². The van der Waals surface area contributed by atoms with Gasteiger partial charge in [-0.1, -0.05) is 18.2 Å². The van der Waals surface area contributed by atoms with E-state index in [1.54, 1.807) is 0 Å². The molecule has 94 valence electrons. The molecule has 1 atom stereocenters. The Morgan fingerprint density at radius 1 is 1.39 bits per heavy atom. The molecule has 5 heteroatoms. The maximum atomic E-state index is 5.64. The lowest BCUT2D eigenvalue weighted by Crippen LogP contribution is -2.16. The number of aromatic amines is 1. The van der Waals surface area contributed by atoms with Crippen LogP contribution < -0.4 is 10.5 Å². The third kappa shape index (κ3) is 1.97. The zero-order chi connectivity index (χ0) is 12.4. The predicted molar refractivity (Wildman–Crippen MR) is 67.5 cm³/mol. The van der Waals surface area contributed by atoms with Crippen LogP contribution in [0, 0.1) is 0 Å². The molecule has 2 heterocycles. The number of benzene rings is 1. The molecule has 0 amide bonds. The Labute approximate surface area is 105 Å². The van der Waals surface area contributed by atoms with E-state index in [9.17, 15) is 0 Å². The summed E-state index contributed by atoms with van der Waals surface area (Å²) in [4.78, 5) is 4.52. The summed E-state index contributed by atoms with van der Waals surface area (Å²) < 4.78 is 5.64. The van der Waals surface area contributed by atoms with E-state index < -0.39 is 0 Å². The number of ether oxygens (including phenoxy) is 1. The number of nitrogens with zero attached hydrogens (tertiary/aromatic N) is 2. The second-order valence-corrected chi connectivity index (χ2v) is 4.41.